The van der Waals surface area contributed by atoms with Crippen LogP contribution in [-0.2, 0) is 6.54 Å². The summed E-state index contributed by atoms with van der Waals surface area (Å²) in [5, 5.41) is 8.36. The van der Waals surface area contributed by atoms with Crippen molar-refractivity contribution >= 4 is 11.6 Å². The molecule has 0 spiro atoms. The minimum absolute atomic E-state index is 0.678. The Bertz CT molecular complexity index is 502. The molecule has 0 saturated carbocycles. The monoisotopic (exact) mass is 264 g/mol. The van der Waals surface area contributed by atoms with E-state index in [1.165, 1.54) is 0 Å². The number of hydrogen-bond acceptors (Lipinski definition) is 3. The van der Waals surface area contributed by atoms with Gasteiger partial charge in [-0.15, -0.1) is 0 Å². The number of rotatable bonds is 5. The first kappa shape index (κ1) is 13.1. The number of nitrogens with one attached hydrogen (secondary N) is 1. The zero-order valence-electron chi connectivity index (χ0n) is 10.7. The van der Waals surface area contributed by atoms with E-state index in [0.717, 1.165) is 36.6 Å². The third kappa shape index (κ3) is 3.09. The zero-order valence-corrected chi connectivity index (χ0v) is 11.4. The molecule has 0 fully saturated rings. The van der Waals surface area contributed by atoms with Crippen molar-refractivity contribution in [1.29, 1.82) is 0 Å². The molecule has 1 N–H and O–H groups in total. The fourth-order valence-corrected chi connectivity index (χ4v) is 1.80. The molecule has 2 aromatic rings. The average Bonchev–Trinajstić information content (AvgIpc) is 2.71. The van der Waals surface area contributed by atoms with Crippen molar-refractivity contribution in [3.8, 4) is 5.69 Å². The fraction of sp³-hybridized carbons (Fsp3) is 0.385. The van der Waals surface area contributed by atoms with E-state index in [4.69, 9.17) is 11.6 Å². The van der Waals surface area contributed by atoms with Crippen molar-refractivity contribution < 1.29 is 0 Å². The molecular formula is C13H17ClN4. The Balaban J connectivity index is 2.16. The first-order chi connectivity index (χ1) is 8.70. The molecule has 0 aliphatic heterocycles. The van der Waals surface area contributed by atoms with Crippen molar-refractivity contribution in [2.75, 3.05) is 6.54 Å². The van der Waals surface area contributed by atoms with Crippen molar-refractivity contribution in [3.63, 3.8) is 0 Å². The van der Waals surface area contributed by atoms with Gasteiger partial charge in [0.15, 0.2) is 0 Å². The highest BCUT2D eigenvalue weighted by molar-refractivity contribution is 6.31. The molecule has 2 heterocycles. The van der Waals surface area contributed by atoms with Gasteiger partial charge in [-0.2, -0.15) is 5.10 Å². The zero-order chi connectivity index (χ0) is 13.0. The van der Waals surface area contributed by atoms with Crippen LogP contribution in [0.1, 0.15) is 24.7 Å². The highest BCUT2D eigenvalue weighted by atomic mass is 35.5. The highest BCUT2D eigenvalue weighted by Gasteiger charge is 2.04. The van der Waals surface area contributed by atoms with Gasteiger partial charge in [-0.25, -0.2) is 4.68 Å². The Morgan fingerprint density at radius 2 is 2.28 bits per heavy atom. The summed E-state index contributed by atoms with van der Waals surface area (Å²) in [6, 6.07) is 3.94. The van der Waals surface area contributed by atoms with Crippen LogP contribution in [0.25, 0.3) is 5.69 Å². The normalized spacial score (nSPS) is 10.8. The van der Waals surface area contributed by atoms with E-state index in [1.807, 2.05) is 25.3 Å². The summed E-state index contributed by atoms with van der Waals surface area (Å²) in [5.74, 6) is 0. The average molecular weight is 265 g/mol. The molecule has 2 aromatic heterocycles. The summed E-state index contributed by atoms with van der Waals surface area (Å²) in [6.07, 6.45) is 4.73. The van der Waals surface area contributed by atoms with Crippen LogP contribution >= 0.6 is 11.6 Å². The third-order valence-corrected chi connectivity index (χ3v) is 3.01. The molecule has 96 valence electrons. The number of hydrogen-bond donors (Lipinski definition) is 1. The van der Waals surface area contributed by atoms with Crippen molar-refractivity contribution in [2.45, 2.75) is 26.8 Å². The van der Waals surface area contributed by atoms with Crippen LogP contribution in [0.4, 0.5) is 0 Å². The van der Waals surface area contributed by atoms with Crippen LogP contribution in [0.3, 0.4) is 0 Å². The first-order valence-electron chi connectivity index (χ1n) is 6.08. The molecule has 4 nitrogen and oxygen atoms in total. The van der Waals surface area contributed by atoms with Crippen LogP contribution in [0.2, 0.25) is 5.02 Å². The van der Waals surface area contributed by atoms with Crippen LogP contribution in [-0.4, -0.2) is 21.3 Å². The Hall–Kier alpha value is -1.39. The van der Waals surface area contributed by atoms with Gasteiger partial charge in [0.25, 0.3) is 0 Å². The summed E-state index contributed by atoms with van der Waals surface area (Å²) in [4.78, 5) is 4.33. The largest absolute Gasteiger partial charge is 0.311 e. The lowest BCUT2D eigenvalue weighted by Crippen LogP contribution is -2.15. The standard InChI is InChI=1S/C13H17ClN4/c1-3-5-15-8-11-7-12(4-6-16-11)18-9-13(14)10(2)17-18/h4,6-7,9,15H,3,5,8H2,1-2H3. The molecule has 2 rings (SSSR count). The van der Waals surface area contributed by atoms with Crippen LogP contribution in [0.15, 0.2) is 24.5 Å². The van der Waals surface area contributed by atoms with Gasteiger partial charge in [0.05, 0.1) is 22.1 Å². The van der Waals surface area contributed by atoms with Crippen LogP contribution < -0.4 is 5.32 Å². The maximum absolute atomic E-state index is 6.01. The Labute approximate surface area is 112 Å². The molecule has 0 aliphatic rings. The molecule has 0 radical (unpaired) electrons. The third-order valence-electron chi connectivity index (χ3n) is 2.64. The quantitative estimate of drug-likeness (QED) is 0.845. The summed E-state index contributed by atoms with van der Waals surface area (Å²) < 4.78 is 1.78. The lowest BCUT2D eigenvalue weighted by Gasteiger charge is -2.05. The first-order valence-corrected chi connectivity index (χ1v) is 6.46. The highest BCUT2D eigenvalue weighted by Crippen LogP contribution is 2.16. The second kappa shape index (κ2) is 5.98. The van der Waals surface area contributed by atoms with E-state index in [0.29, 0.717) is 5.02 Å². The van der Waals surface area contributed by atoms with E-state index in [-0.39, 0.29) is 0 Å². The smallest absolute Gasteiger partial charge is 0.0819 e. The van der Waals surface area contributed by atoms with Crippen LogP contribution in [0, 0.1) is 6.92 Å². The maximum Gasteiger partial charge on any atom is 0.0819 e. The van der Waals surface area contributed by atoms with Gasteiger partial charge >= 0.3 is 0 Å². The molecular weight excluding hydrogens is 248 g/mol. The summed E-state index contributed by atoms with van der Waals surface area (Å²) in [5.41, 5.74) is 2.82. The predicted molar refractivity (Wildman–Crippen MR) is 73.1 cm³/mol. The van der Waals surface area contributed by atoms with Crippen LogP contribution in [0.5, 0.6) is 0 Å². The maximum atomic E-state index is 6.01. The van der Waals surface area contributed by atoms with Gasteiger partial charge in [0, 0.05) is 18.9 Å². The minimum atomic E-state index is 0.678. The van der Waals surface area contributed by atoms with Gasteiger partial charge < -0.3 is 5.32 Å². The minimum Gasteiger partial charge on any atom is -0.311 e. The lowest BCUT2D eigenvalue weighted by atomic mass is 10.3. The van der Waals surface area contributed by atoms with Gasteiger partial charge in [-0.3, -0.25) is 4.98 Å². The number of nitrogens with zero attached hydrogens (tertiary/aromatic N) is 3. The van der Waals surface area contributed by atoms with Gasteiger partial charge in [0.2, 0.25) is 0 Å². The van der Waals surface area contributed by atoms with Gasteiger partial charge in [-0.05, 0) is 32.0 Å². The lowest BCUT2D eigenvalue weighted by molar-refractivity contribution is 0.663. The van der Waals surface area contributed by atoms with Crippen molar-refractivity contribution in [2.24, 2.45) is 0 Å². The van der Waals surface area contributed by atoms with E-state index in [2.05, 4.69) is 22.3 Å². The molecule has 0 saturated heterocycles. The van der Waals surface area contributed by atoms with E-state index in [9.17, 15) is 0 Å². The van der Waals surface area contributed by atoms with Crippen molar-refractivity contribution in [3.05, 3.63) is 40.9 Å². The second-order valence-electron chi connectivity index (χ2n) is 4.19. The number of aromatic nitrogens is 3. The van der Waals surface area contributed by atoms with E-state index < -0.39 is 0 Å². The molecule has 18 heavy (non-hydrogen) atoms. The van der Waals surface area contributed by atoms with Crippen molar-refractivity contribution in [1.82, 2.24) is 20.1 Å². The molecule has 0 aliphatic carbocycles. The summed E-state index contributed by atoms with van der Waals surface area (Å²) in [7, 11) is 0. The molecule has 5 heteroatoms. The van der Waals surface area contributed by atoms with E-state index in [1.54, 1.807) is 10.9 Å². The number of pyridine rings is 1. The molecule has 0 atom stereocenters. The van der Waals surface area contributed by atoms with Gasteiger partial charge in [0.1, 0.15) is 0 Å². The fourth-order valence-electron chi connectivity index (χ4n) is 1.67. The Morgan fingerprint density at radius 1 is 1.44 bits per heavy atom. The SMILES string of the molecule is CCCNCc1cc(-n2cc(Cl)c(C)n2)ccn1. The number of aryl methyl sites for hydroxylation is 1. The second-order valence-corrected chi connectivity index (χ2v) is 4.60. The van der Waals surface area contributed by atoms with E-state index >= 15 is 0 Å². The summed E-state index contributed by atoms with van der Waals surface area (Å²) >= 11 is 6.01. The van der Waals surface area contributed by atoms with Gasteiger partial charge in [-0.1, -0.05) is 18.5 Å². The Kier molecular flexibility index (Phi) is 4.33. The Morgan fingerprint density at radius 3 is 2.94 bits per heavy atom. The molecule has 0 bridgehead atoms. The number of halogens is 1. The summed E-state index contributed by atoms with van der Waals surface area (Å²) in [6.45, 7) is 5.81. The molecule has 0 unspecified atom stereocenters. The molecule has 0 aromatic carbocycles. The predicted octanol–water partition coefficient (Wildman–Crippen LogP) is 2.73. The molecule has 0 amide bonds. The topological polar surface area (TPSA) is 42.7 Å².